The molecule has 0 saturated heterocycles. The number of ether oxygens (including phenoxy) is 2. The number of hydrogen-bond donors (Lipinski definition) is 1. The molecule has 4 nitrogen and oxygen atoms in total. The molecule has 0 rings (SSSR count). The summed E-state index contributed by atoms with van der Waals surface area (Å²) in [6.45, 7) is 5.35. The van der Waals surface area contributed by atoms with E-state index in [4.69, 9.17) is 9.47 Å². The topological polar surface area (TPSA) is 55.8 Å². The fraction of sp³-hybridized carbons (Fsp3) is 0.972. The molecule has 0 fully saturated rings. The molecule has 1 unspecified atom stereocenters. The molecule has 0 heterocycles. The average Bonchev–Trinajstić information content (AvgIpc) is 2.96. The molecular formula is C36H72O4. The van der Waals surface area contributed by atoms with Crippen LogP contribution < -0.4 is 0 Å². The van der Waals surface area contributed by atoms with Gasteiger partial charge in [0, 0.05) is 13.0 Å². The molecule has 40 heavy (non-hydrogen) atoms. The van der Waals surface area contributed by atoms with Gasteiger partial charge in [-0.05, 0) is 12.8 Å². The van der Waals surface area contributed by atoms with E-state index in [1.165, 1.54) is 161 Å². The summed E-state index contributed by atoms with van der Waals surface area (Å²) in [4.78, 5) is 12.1. The second-order valence-electron chi connectivity index (χ2n) is 12.3. The Morgan fingerprint density at radius 1 is 0.500 bits per heavy atom. The lowest BCUT2D eigenvalue weighted by molar-refractivity contribution is -0.154. The van der Waals surface area contributed by atoms with Crippen molar-refractivity contribution in [3.05, 3.63) is 0 Å². The lowest BCUT2D eigenvalue weighted by Crippen LogP contribution is -2.27. The fourth-order valence-corrected chi connectivity index (χ4v) is 5.45. The Morgan fingerprint density at radius 3 is 1.18 bits per heavy atom. The van der Waals surface area contributed by atoms with E-state index in [0.717, 1.165) is 19.3 Å². The van der Waals surface area contributed by atoms with E-state index in [0.29, 0.717) is 19.6 Å². The number of rotatable bonds is 34. The lowest BCUT2D eigenvalue weighted by atomic mass is 10.0. The van der Waals surface area contributed by atoms with Crippen molar-refractivity contribution in [2.45, 2.75) is 206 Å². The SMILES string of the molecule is CCCCCCCCCCCCCCCCCCCCCCCC(=O)OC(CO)COCCCCCCCCC. The summed E-state index contributed by atoms with van der Waals surface area (Å²) in [6, 6.07) is 0. The van der Waals surface area contributed by atoms with Gasteiger partial charge in [-0.25, -0.2) is 0 Å². The van der Waals surface area contributed by atoms with Gasteiger partial charge in [-0.1, -0.05) is 181 Å². The van der Waals surface area contributed by atoms with E-state index in [-0.39, 0.29) is 12.6 Å². The Bertz CT molecular complexity index is 481. The van der Waals surface area contributed by atoms with Crippen molar-refractivity contribution in [2.24, 2.45) is 0 Å². The first-order valence-electron chi connectivity index (χ1n) is 18.1. The monoisotopic (exact) mass is 569 g/mol. The maximum atomic E-state index is 12.1. The van der Waals surface area contributed by atoms with Crippen molar-refractivity contribution in [1.82, 2.24) is 0 Å². The van der Waals surface area contributed by atoms with Crippen LogP contribution in [0.4, 0.5) is 0 Å². The lowest BCUT2D eigenvalue weighted by Gasteiger charge is -2.15. The predicted molar refractivity (Wildman–Crippen MR) is 173 cm³/mol. The van der Waals surface area contributed by atoms with E-state index in [9.17, 15) is 9.90 Å². The van der Waals surface area contributed by atoms with Crippen LogP contribution in [-0.2, 0) is 14.3 Å². The highest BCUT2D eigenvalue weighted by atomic mass is 16.6. The van der Waals surface area contributed by atoms with E-state index in [2.05, 4.69) is 13.8 Å². The normalized spacial score (nSPS) is 12.2. The van der Waals surface area contributed by atoms with Gasteiger partial charge >= 0.3 is 5.97 Å². The van der Waals surface area contributed by atoms with Gasteiger partial charge in [-0.2, -0.15) is 0 Å². The molecule has 4 heteroatoms. The molecule has 1 atom stereocenters. The summed E-state index contributed by atoms with van der Waals surface area (Å²) in [6.07, 6.45) is 37.2. The summed E-state index contributed by atoms with van der Waals surface area (Å²) >= 11 is 0. The Kier molecular flexibility index (Phi) is 34.1. The summed E-state index contributed by atoms with van der Waals surface area (Å²) in [5, 5.41) is 9.49. The van der Waals surface area contributed by atoms with Crippen LogP contribution in [0.3, 0.4) is 0 Å². The van der Waals surface area contributed by atoms with E-state index in [1.54, 1.807) is 0 Å². The molecule has 0 aromatic rings. The standard InChI is InChI=1S/C36H72O4/c1-3-5-7-9-11-12-13-14-15-16-17-18-19-20-21-22-23-24-25-27-29-31-36(38)40-35(33-37)34-39-32-30-28-26-10-8-6-4-2/h35,37H,3-34H2,1-2H3. The molecule has 1 N–H and O–H groups in total. The van der Waals surface area contributed by atoms with Crippen LogP contribution in [0.5, 0.6) is 0 Å². The first kappa shape index (κ1) is 39.4. The van der Waals surface area contributed by atoms with E-state index in [1.807, 2.05) is 0 Å². The molecule has 240 valence electrons. The molecule has 0 spiro atoms. The van der Waals surface area contributed by atoms with Crippen molar-refractivity contribution in [3.8, 4) is 0 Å². The second kappa shape index (κ2) is 34.6. The molecular weight excluding hydrogens is 496 g/mol. The van der Waals surface area contributed by atoms with Crippen LogP contribution in [-0.4, -0.2) is 37.0 Å². The zero-order valence-electron chi connectivity index (χ0n) is 27.4. The Balaban J connectivity index is 3.32. The van der Waals surface area contributed by atoms with Crippen molar-refractivity contribution in [2.75, 3.05) is 19.8 Å². The second-order valence-corrected chi connectivity index (χ2v) is 12.3. The van der Waals surface area contributed by atoms with Gasteiger partial charge < -0.3 is 14.6 Å². The van der Waals surface area contributed by atoms with Gasteiger partial charge in [0.05, 0.1) is 13.2 Å². The highest BCUT2D eigenvalue weighted by Gasteiger charge is 2.13. The first-order chi connectivity index (χ1) is 19.7. The summed E-state index contributed by atoms with van der Waals surface area (Å²) in [5.41, 5.74) is 0. The number of aliphatic hydroxyl groups excluding tert-OH is 1. The van der Waals surface area contributed by atoms with Crippen molar-refractivity contribution >= 4 is 5.97 Å². The largest absolute Gasteiger partial charge is 0.457 e. The number of aliphatic hydroxyl groups is 1. The molecule has 0 amide bonds. The third kappa shape index (κ3) is 31.9. The fourth-order valence-electron chi connectivity index (χ4n) is 5.45. The average molecular weight is 569 g/mol. The number of esters is 1. The van der Waals surface area contributed by atoms with Crippen LogP contribution >= 0.6 is 0 Å². The minimum atomic E-state index is -0.521. The van der Waals surface area contributed by atoms with Gasteiger partial charge in [0.25, 0.3) is 0 Å². The zero-order valence-corrected chi connectivity index (χ0v) is 27.4. The summed E-state index contributed by atoms with van der Waals surface area (Å²) in [5.74, 6) is -0.198. The van der Waals surface area contributed by atoms with Crippen molar-refractivity contribution in [1.29, 1.82) is 0 Å². The van der Waals surface area contributed by atoms with E-state index >= 15 is 0 Å². The van der Waals surface area contributed by atoms with Crippen molar-refractivity contribution in [3.63, 3.8) is 0 Å². The Morgan fingerprint density at radius 2 is 0.825 bits per heavy atom. The van der Waals surface area contributed by atoms with Gasteiger partial charge in [0.15, 0.2) is 0 Å². The number of carbonyl (C=O) groups is 1. The maximum Gasteiger partial charge on any atom is 0.306 e. The number of hydrogen-bond acceptors (Lipinski definition) is 4. The van der Waals surface area contributed by atoms with Crippen LogP contribution in [0.15, 0.2) is 0 Å². The number of unbranched alkanes of at least 4 members (excludes halogenated alkanes) is 26. The minimum Gasteiger partial charge on any atom is -0.457 e. The van der Waals surface area contributed by atoms with Crippen LogP contribution in [0.25, 0.3) is 0 Å². The molecule has 0 aliphatic heterocycles. The molecule has 0 bridgehead atoms. The highest BCUT2D eigenvalue weighted by Crippen LogP contribution is 2.15. The predicted octanol–water partition coefficient (Wildman–Crippen LogP) is 11.3. The van der Waals surface area contributed by atoms with Crippen LogP contribution in [0.2, 0.25) is 0 Å². The maximum absolute atomic E-state index is 12.1. The minimum absolute atomic E-state index is 0.165. The van der Waals surface area contributed by atoms with Crippen LogP contribution in [0, 0.1) is 0 Å². The molecule has 0 radical (unpaired) electrons. The molecule has 0 saturated carbocycles. The highest BCUT2D eigenvalue weighted by molar-refractivity contribution is 5.69. The molecule has 0 aliphatic rings. The summed E-state index contributed by atoms with van der Waals surface area (Å²) < 4.78 is 11.0. The molecule has 0 aliphatic carbocycles. The quantitative estimate of drug-likeness (QED) is 0.0619. The smallest absolute Gasteiger partial charge is 0.306 e. The van der Waals surface area contributed by atoms with Gasteiger partial charge in [-0.3, -0.25) is 4.79 Å². The summed E-state index contributed by atoms with van der Waals surface area (Å²) in [7, 11) is 0. The third-order valence-electron chi connectivity index (χ3n) is 8.18. The first-order valence-corrected chi connectivity index (χ1v) is 18.1. The Labute approximate surface area is 251 Å². The Hall–Kier alpha value is -0.610. The zero-order chi connectivity index (χ0) is 29.2. The van der Waals surface area contributed by atoms with Crippen LogP contribution in [0.1, 0.15) is 200 Å². The van der Waals surface area contributed by atoms with Crippen molar-refractivity contribution < 1.29 is 19.4 Å². The van der Waals surface area contributed by atoms with Gasteiger partial charge in [0.2, 0.25) is 0 Å². The van der Waals surface area contributed by atoms with E-state index < -0.39 is 6.10 Å². The van der Waals surface area contributed by atoms with Gasteiger partial charge in [-0.15, -0.1) is 0 Å². The van der Waals surface area contributed by atoms with Gasteiger partial charge in [0.1, 0.15) is 6.10 Å². The third-order valence-corrected chi connectivity index (χ3v) is 8.18. The molecule has 0 aromatic heterocycles. The number of carbonyl (C=O) groups excluding carboxylic acids is 1. The molecule has 0 aromatic carbocycles.